The van der Waals surface area contributed by atoms with Gasteiger partial charge in [-0.25, -0.2) is 9.69 Å². The molecule has 0 saturated carbocycles. The molecule has 1 saturated heterocycles. The summed E-state index contributed by atoms with van der Waals surface area (Å²) in [5.41, 5.74) is 1.93. The van der Waals surface area contributed by atoms with Crippen LogP contribution in [-0.2, 0) is 5.41 Å². The van der Waals surface area contributed by atoms with Crippen LogP contribution in [0.2, 0.25) is 0 Å². The smallest absolute Gasteiger partial charge is 0.329 e. The van der Waals surface area contributed by atoms with E-state index in [-0.39, 0.29) is 11.4 Å². The van der Waals surface area contributed by atoms with Gasteiger partial charge >= 0.3 is 6.03 Å². The zero-order valence-electron chi connectivity index (χ0n) is 16.6. The van der Waals surface area contributed by atoms with Gasteiger partial charge in [0.1, 0.15) is 11.0 Å². The van der Waals surface area contributed by atoms with E-state index >= 15 is 0 Å². The van der Waals surface area contributed by atoms with Crippen molar-refractivity contribution >= 4 is 22.5 Å². The van der Waals surface area contributed by atoms with Gasteiger partial charge in [-0.2, -0.15) is 0 Å². The maximum atomic E-state index is 13.2. The van der Waals surface area contributed by atoms with E-state index in [0.29, 0.717) is 11.7 Å². The van der Waals surface area contributed by atoms with Crippen LogP contribution in [-0.4, -0.2) is 39.0 Å². The monoisotopic (exact) mass is 388 g/mol. The molecule has 1 aliphatic rings. The summed E-state index contributed by atoms with van der Waals surface area (Å²) >= 11 is 1.37. The fourth-order valence-electron chi connectivity index (χ4n) is 3.16. The fraction of sp³-hybridized carbons (Fsp3) is 0.550. The fourth-order valence-corrected chi connectivity index (χ4v) is 4.09. The molecule has 3 rings (SSSR count). The van der Waals surface area contributed by atoms with Crippen LogP contribution in [0.25, 0.3) is 0 Å². The zero-order valence-corrected chi connectivity index (χ0v) is 17.5. The molecule has 0 aliphatic carbocycles. The lowest BCUT2D eigenvalue weighted by Crippen LogP contribution is -2.35. The van der Waals surface area contributed by atoms with Gasteiger partial charge in [0.05, 0.1) is 0 Å². The van der Waals surface area contributed by atoms with E-state index in [4.69, 9.17) is 0 Å². The third-order valence-corrected chi connectivity index (χ3v) is 6.12. The third kappa shape index (κ3) is 3.84. The molecule has 146 valence electrons. The number of carbonyl (C=O) groups is 1. The summed E-state index contributed by atoms with van der Waals surface area (Å²) in [7, 11) is 0. The lowest BCUT2D eigenvalue weighted by molar-refractivity contribution is 0.118. The predicted molar refractivity (Wildman–Crippen MR) is 108 cm³/mol. The molecule has 1 aromatic heterocycles. The Hall–Kier alpha value is -1.99. The Kier molecular flexibility index (Phi) is 5.53. The van der Waals surface area contributed by atoms with E-state index in [1.165, 1.54) is 16.2 Å². The van der Waals surface area contributed by atoms with Gasteiger partial charge in [0, 0.05) is 12.0 Å². The second kappa shape index (κ2) is 7.56. The second-order valence-electron chi connectivity index (χ2n) is 8.11. The molecule has 2 amide bonds. The number of unbranched alkanes of at least 4 members (excludes halogenated alkanes) is 1. The molecule has 27 heavy (non-hydrogen) atoms. The average molecular weight is 389 g/mol. The molecule has 1 fully saturated rings. The molecule has 2 heterocycles. The van der Waals surface area contributed by atoms with E-state index in [2.05, 4.69) is 37.9 Å². The Morgan fingerprint density at radius 2 is 1.85 bits per heavy atom. The van der Waals surface area contributed by atoms with Gasteiger partial charge in [-0.3, -0.25) is 0 Å². The number of benzene rings is 1. The summed E-state index contributed by atoms with van der Waals surface area (Å²) in [6.45, 7) is 10.9. The Balaban J connectivity index is 1.97. The van der Waals surface area contributed by atoms with Crippen LogP contribution < -0.4 is 4.90 Å². The van der Waals surface area contributed by atoms with Crippen molar-refractivity contribution in [2.75, 3.05) is 11.4 Å². The van der Waals surface area contributed by atoms with Crippen molar-refractivity contribution in [2.24, 2.45) is 0 Å². The summed E-state index contributed by atoms with van der Waals surface area (Å²) in [6, 6.07) is 7.37. The minimum Gasteiger partial charge on any atom is -0.370 e. The Morgan fingerprint density at radius 1 is 1.19 bits per heavy atom. The standard InChI is InChI=1S/C20H28N4O2S/c1-6-7-12-23-15(14-10-8-13(2)9-11-14)16(25)24(19(23)26)18-22-21-17(27-18)20(3,4)5/h8-11,15-16,25H,6-7,12H2,1-5H3/t15-,16+/m0/s1. The van der Waals surface area contributed by atoms with Gasteiger partial charge in [0.25, 0.3) is 0 Å². The lowest BCUT2D eigenvalue weighted by atomic mass is 9.98. The SMILES string of the molecule is CCCCN1C(=O)N(c2nnc(C(C)(C)C)s2)[C@H](O)[C@@H]1c1ccc(C)cc1. The van der Waals surface area contributed by atoms with Crippen molar-refractivity contribution < 1.29 is 9.90 Å². The molecule has 1 aromatic carbocycles. The van der Waals surface area contributed by atoms with Gasteiger partial charge in [0.15, 0.2) is 6.23 Å². The Bertz CT molecular complexity index is 797. The second-order valence-corrected chi connectivity index (χ2v) is 9.06. The number of aryl methyl sites for hydroxylation is 1. The highest BCUT2D eigenvalue weighted by molar-refractivity contribution is 7.15. The number of hydrogen-bond acceptors (Lipinski definition) is 5. The number of amides is 2. The highest BCUT2D eigenvalue weighted by Crippen LogP contribution is 2.40. The first-order chi connectivity index (χ1) is 12.7. The number of aliphatic hydroxyl groups is 1. The van der Waals surface area contributed by atoms with Gasteiger partial charge in [-0.05, 0) is 18.9 Å². The quantitative estimate of drug-likeness (QED) is 0.831. The molecule has 1 aliphatic heterocycles. The lowest BCUT2D eigenvalue weighted by Gasteiger charge is -2.24. The summed E-state index contributed by atoms with van der Waals surface area (Å²) in [4.78, 5) is 16.3. The van der Waals surface area contributed by atoms with Crippen LogP contribution >= 0.6 is 11.3 Å². The zero-order chi connectivity index (χ0) is 19.8. The van der Waals surface area contributed by atoms with Crippen LogP contribution in [0.15, 0.2) is 24.3 Å². The van der Waals surface area contributed by atoms with Crippen molar-refractivity contribution in [2.45, 2.75) is 65.1 Å². The third-order valence-electron chi connectivity index (χ3n) is 4.77. The summed E-state index contributed by atoms with van der Waals surface area (Å²) in [6.07, 6.45) is 0.878. The number of rotatable bonds is 5. The summed E-state index contributed by atoms with van der Waals surface area (Å²) in [5.74, 6) is 0. The van der Waals surface area contributed by atoms with Crippen molar-refractivity contribution in [3.05, 3.63) is 40.4 Å². The highest BCUT2D eigenvalue weighted by Gasteiger charge is 2.47. The summed E-state index contributed by atoms with van der Waals surface area (Å²) in [5, 5.41) is 20.8. The van der Waals surface area contributed by atoms with E-state index in [0.717, 1.165) is 29.0 Å². The average Bonchev–Trinajstić information content (AvgIpc) is 3.17. The van der Waals surface area contributed by atoms with Crippen molar-refractivity contribution in [3.8, 4) is 0 Å². The maximum absolute atomic E-state index is 13.2. The minimum atomic E-state index is -0.988. The van der Waals surface area contributed by atoms with Crippen molar-refractivity contribution in [1.29, 1.82) is 0 Å². The number of carbonyl (C=O) groups excluding carboxylic acids is 1. The molecule has 0 radical (unpaired) electrons. The first-order valence-corrected chi connectivity index (χ1v) is 10.2. The van der Waals surface area contributed by atoms with Crippen LogP contribution in [0.1, 0.15) is 62.7 Å². The molecule has 0 bridgehead atoms. The van der Waals surface area contributed by atoms with Gasteiger partial charge in [-0.1, -0.05) is 75.3 Å². The number of hydrogen-bond donors (Lipinski definition) is 1. The maximum Gasteiger partial charge on any atom is 0.329 e. The van der Waals surface area contributed by atoms with E-state index in [1.807, 2.05) is 31.2 Å². The minimum absolute atomic E-state index is 0.151. The van der Waals surface area contributed by atoms with Gasteiger partial charge < -0.3 is 10.0 Å². The first-order valence-electron chi connectivity index (χ1n) is 9.42. The van der Waals surface area contributed by atoms with Gasteiger partial charge in [0.2, 0.25) is 5.13 Å². The van der Waals surface area contributed by atoms with Gasteiger partial charge in [-0.15, -0.1) is 10.2 Å². The van der Waals surface area contributed by atoms with Crippen LogP contribution in [0, 0.1) is 6.92 Å². The predicted octanol–water partition coefficient (Wildman–Crippen LogP) is 4.25. The molecular weight excluding hydrogens is 360 g/mol. The van der Waals surface area contributed by atoms with Crippen LogP contribution in [0.5, 0.6) is 0 Å². The Morgan fingerprint density at radius 3 is 2.41 bits per heavy atom. The largest absolute Gasteiger partial charge is 0.370 e. The Labute approximate surface area is 164 Å². The number of aromatic nitrogens is 2. The molecule has 7 heteroatoms. The number of nitrogens with zero attached hydrogens (tertiary/aromatic N) is 4. The molecule has 2 atom stereocenters. The number of aliphatic hydroxyl groups excluding tert-OH is 1. The number of urea groups is 1. The van der Waals surface area contributed by atoms with E-state index in [1.54, 1.807) is 4.90 Å². The molecule has 6 nitrogen and oxygen atoms in total. The van der Waals surface area contributed by atoms with Crippen LogP contribution in [0.3, 0.4) is 0 Å². The molecular formula is C20H28N4O2S. The molecule has 1 N–H and O–H groups in total. The first kappa shape index (κ1) is 19.8. The number of anilines is 1. The van der Waals surface area contributed by atoms with E-state index < -0.39 is 12.3 Å². The molecule has 2 aromatic rings. The topological polar surface area (TPSA) is 69.6 Å². The highest BCUT2D eigenvalue weighted by atomic mass is 32.1. The van der Waals surface area contributed by atoms with E-state index in [9.17, 15) is 9.90 Å². The van der Waals surface area contributed by atoms with Crippen molar-refractivity contribution in [1.82, 2.24) is 15.1 Å². The van der Waals surface area contributed by atoms with Crippen LogP contribution in [0.4, 0.5) is 9.93 Å². The molecule has 0 unspecified atom stereocenters. The summed E-state index contributed by atoms with van der Waals surface area (Å²) < 4.78 is 0. The van der Waals surface area contributed by atoms with Crippen molar-refractivity contribution in [3.63, 3.8) is 0 Å². The molecule has 0 spiro atoms. The normalized spacial score (nSPS) is 20.6.